The van der Waals surface area contributed by atoms with Crippen LogP contribution in [0.25, 0.3) is 0 Å². The smallest absolute Gasteiger partial charge is 0.272 e. The van der Waals surface area contributed by atoms with Gasteiger partial charge < -0.3 is 10.2 Å². The first-order chi connectivity index (χ1) is 10.0. The second-order valence-electron chi connectivity index (χ2n) is 6.26. The van der Waals surface area contributed by atoms with E-state index in [1.54, 1.807) is 4.68 Å². The van der Waals surface area contributed by atoms with Crippen molar-refractivity contribution >= 4 is 5.91 Å². The Morgan fingerprint density at radius 3 is 2.86 bits per heavy atom. The summed E-state index contributed by atoms with van der Waals surface area (Å²) in [6.07, 6.45) is 3.26. The minimum absolute atomic E-state index is 0.102. The van der Waals surface area contributed by atoms with Crippen molar-refractivity contribution in [3.8, 4) is 0 Å². The molecule has 1 aromatic heterocycles. The Bertz CT molecular complexity index is 475. The van der Waals surface area contributed by atoms with Crippen LogP contribution in [0.5, 0.6) is 0 Å². The van der Waals surface area contributed by atoms with Crippen LogP contribution >= 0.6 is 0 Å². The maximum atomic E-state index is 12.9. The van der Waals surface area contributed by atoms with Crippen molar-refractivity contribution in [3.05, 3.63) is 17.5 Å². The number of hydrogen-bond donors (Lipinski definition) is 1. The number of amides is 1. The van der Waals surface area contributed by atoms with Crippen LogP contribution in [0.2, 0.25) is 0 Å². The van der Waals surface area contributed by atoms with E-state index < -0.39 is 0 Å². The van der Waals surface area contributed by atoms with Crippen LogP contribution in [0, 0.1) is 5.92 Å². The van der Waals surface area contributed by atoms with Gasteiger partial charge in [0.25, 0.3) is 5.91 Å². The van der Waals surface area contributed by atoms with Crippen molar-refractivity contribution < 1.29 is 4.79 Å². The summed E-state index contributed by atoms with van der Waals surface area (Å²) in [7, 11) is 1.85. The van der Waals surface area contributed by atoms with Crippen molar-refractivity contribution in [2.45, 2.75) is 46.1 Å². The lowest BCUT2D eigenvalue weighted by Crippen LogP contribution is -2.44. The molecule has 0 aromatic carbocycles. The van der Waals surface area contributed by atoms with Gasteiger partial charge in [-0.15, -0.1) is 0 Å². The predicted octanol–water partition coefficient (Wildman–Crippen LogP) is 1.83. The molecular formula is C16H28N4O. The summed E-state index contributed by atoms with van der Waals surface area (Å²) in [6, 6.07) is 2.14. The number of nitrogens with one attached hydrogen (secondary N) is 1. The van der Waals surface area contributed by atoms with Crippen molar-refractivity contribution in [1.29, 1.82) is 0 Å². The lowest BCUT2D eigenvalue weighted by atomic mass is 9.98. The number of piperidine rings is 1. The van der Waals surface area contributed by atoms with E-state index in [1.807, 2.05) is 18.0 Å². The molecule has 1 fully saturated rings. The first kappa shape index (κ1) is 16.0. The SMILES string of the molecule is CCc1cc(C(=O)N(CC2CCCNC2)C(C)C)n(C)n1. The average Bonchev–Trinajstić information content (AvgIpc) is 2.86. The topological polar surface area (TPSA) is 50.2 Å². The number of carbonyl (C=O) groups is 1. The number of carbonyl (C=O) groups excluding carboxylic acids is 1. The molecule has 0 saturated carbocycles. The highest BCUT2D eigenvalue weighted by molar-refractivity contribution is 5.93. The average molecular weight is 292 g/mol. The third-order valence-electron chi connectivity index (χ3n) is 4.25. The summed E-state index contributed by atoms with van der Waals surface area (Å²) in [5.41, 5.74) is 1.67. The van der Waals surface area contributed by atoms with E-state index in [9.17, 15) is 4.79 Å². The molecule has 2 rings (SSSR count). The minimum Gasteiger partial charge on any atom is -0.335 e. The molecule has 2 heterocycles. The Kier molecular flexibility index (Phi) is 5.39. The number of aromatic nitrogens is 2. The number of rotatable bonds is 5. The number of aryl methyl sites for hydroxylation is 2. The van der Waals surface area contributed by atoms with E-state index in [0.717, 1.165) is 31.7 Å². The van der Waals surface area contributed by atoms with Crippen LogP contribution < -0.4 is 5.32 Å². The maximum absolute atomic E-state index is 12.9. The Hall–Kier alpha value is -1.36. The molecule has 1 atom stereocenters. The highest BCUT2D eigenvalue weighted by atomic mass is 16.2. The molecular weight excluding hydrogens is 264 g/mol. The summed E-state index contributed by atoms with van der Waals surface area (Å²) >= 11 is 0. The van der Waals surface area contributed by atoms with E-state index in [4.69, 9.17) is 0 Å². The Morgan fingerprint density at radius 1 is 1.57 bits per heavy atom. The lowest BCUT2D eigenvalue weighted by molar-refractivity contribution is 0.0649. The molecule has 1 aliphatic heterocycles. The van der Waals surface area contributed by atoms with Gasteiger partial charge in [-0.05, 0) is 58.2 Å². The molecule has 1 amide bonds. The third-order valence-corrected chi connectivity index (χ3v) is 4.25. The minimum atomic E-state index is 0.102. The van der Waals surface area contributed by atoms with Gasteiger partial charge in [0.2, 0.25) is 0 Å². The van der Waals surface area contributed by atoms with E-state index >= 15 is 0 Å². The summed E-state index contributed by atoms with van der Waals surface area (Å²) < 4.78 is 1.72. The van der Waals surface area contributed by atoms with Crippen molar-refractivity contribution in [2.75, 3.05) is 19.6 Å². The van der Waals surface area contributed by atoms with Gasteiger partial charge in [-0.3, -0.25) is 9.48 Å². The molecule has 5 nitrogen and oxygen atoms in total. The largest absolute Gasteiger partial charge is 0.335 e. The van der Waals surface area contributed by atoms with Gasteiger partial charge in [-0.1, -0.05) is 6.92 Å². The van der Waals surface area contributed by atoms with Gasteiger partial charge in [0.1, 0.15) is 5.69 Å². The molecule has 1 unspecified atom stereocenters. The molecule has 5 heteroatoms. The van der Waals surface area contributed by atoms with E-state index in [0.29, 0.717) is 11.6 Å². The molecule has 118 valence electrons. The molecule has 1 aromatic rings. The molecule has 0 aliphatic carbocycles. The van der Waals surface area contributed by atoms with Gasteiger partial charge in [0.15, 0.2) is 0 Å². The van der Waals surface area contributed by atoms with Gasteiger partial charge >= 0.3 is 0 Å². The normalized spacial score (nSPS) is 19.0. The monoisotopic (exact) mass is 292 g/mol. The standard InChI is InChI=1S/C16H28N4O/c1-5-14-9-15(19(4)18-14)16(21)20(12(2)3)11-13-7-6-8-17-10-13/h9,12-13,17H,5-8,10-11H2,1-4H3. The Labute approximate surface area is 127 Å². The van der Waals surface area contributed by atoms with Crippen molar-refractivity contribution in [2.24, 2.45) is 13.0 Å². The molecule has 21 heavy (non-hydrogen) atoms. The fraction of sp³-hybridized carbons (Fsp3) is 0.750. The van der Waals surface area contributed by atoms with Gasteiger partial charge in [0.05, 0.1) is 5.69 Å². The molecule has 0 radical (unpaired) electrons. The lowest BCUT2D eigenvalue weighted by Gasteiger charge is -2.32. The van der Waals surface area contributed by atoms with Crippen molar-refractivity contribution in [3.63, 3.8) is 0 Å². The molecule has 1 saturated heterocycles. The Balaban J connectivity index is 2.12. The summed E-state index contributed by atoms with van der Waals surface area (Å²) in [5.74, 6) is 0.661. The zero-order valence-electron chi connectivity index (χ0n) is 13.7. The summed E-state index contributed by atoms with van der Waals surface area (Å²) in [5, 5.41) is 7.82. The molecule has 1 N–H and O–H groups in total. The van der Waals surface area contributed by atoms with E-state index in [-0.39, 0.29) is 11.9 Å². The van der Waals surface area contributed by atoms with Crippen LogP contribution in [0.1, 0.15) is 49.8 Å². The van der Waals surface area contributed by atoms with Gasteiger partial charge in [0, 0.05) is 19.6 Å². The highest BCUT2D eigenvalue weighted by Crippen LogP contribution is 2.17. The van der Waals surface area contributed by atoms with Crippen LogP contribution in [-0.2, 0) is 13.5 Å². The molecule has 1 aliphatic rings. The summed E-state index contributed by atoms with van der Waals surface area (Å²) in [6.45, 7) is 9.19. The highest BCUT2D eigenvalue weighted by Gasteiger charge is 2.26. The van der Waals surface area contributed by atoms with E-state index in [1.165, 1.54) is 12.8 Å². The van der Waals surface area contributed by atoms with Gasteiger partial charge in [-0.25, -0.2) is 0 Å². The quantitative estimate of drug-likeness (QED) is 0.901. The van der Waals surface area contributed by atoms with Crippen LogP contribution in [0.3, 0.4) is 0 Å². The van der Waals surface area contributed by atoms with Crippen molar-refractivity contribution in [1.82, 2.24) is 20.0 Å². The maximum Gasteiger partial charge on any atom is 0.272 e. The fourth-order valence-electron chi connectivity index (χ4n) is 2.93. The molecule has 0 bridgehead atoms. The first-order valence-corrected chi connectivity index (χ1v) is 8.07. The predicted molar refractivity (Wildman–Crippen MR) is 84.4 cm³/mol. The fourth-order valence-corrected chi connectivity index (χ4v) is 2.93. The zero-order valence-corrected chi connectivity index (χ0v) is 13.7. The van der Waals surface area contributed by atoms with E-state index in [2.05, 4.69) is 31.2 Å². The van der Waals surface area contributed by atoms with Gasteiger partial charge in [-0.2, -0.15) is 5.10 Å². The van der Waals surface area contributed by atoms with Crippen LogP contribution in [0.4, 0.5) is 0 Å². The van der Waals surface area contributed by atoms with Crippen LogP contribution in [-0.4, -0.2) is 46.3 Å². The zero-order chi connectivity index (χ0) is 15.4. The second kappa shape index (κ2) is 7.07. The number of nitrogens with zero attached hydrogens (tertiary/aromatic N) is 3. The first-order valence-electron chi connectivity index (χ1n) is 8.07. The van der Waals surface area contributed by atoms with Crippen LogP contribution in [0.15, 0.2) is 6.07 Å². The number of hydrogen-bond acceptors (Lipinski definition) is 3. The third kappa shape index (κ3) is 3.84. The molecule has 0 spiro atoms. The second-order valence-corrected chi connectivity index (χ2v) is 6.26. The summed E-state index contributed by atoms with van der Waals surface area (Å²) in [4.78, 5) is 14.8. The Morgan fingerprint density at radius 2 is 2.33 bits per heavy atom.